The van der Waals surface area contributed by atoms with Crippen LogP contribution >= 0.6 is 11.6 Å². The fourth-order valence-corrected chi connectivity index (χ4v) is 3.46. The van der Waals surface area contributed by atoms with Crippen LogP contribution in [0.5, 0.6) is 0 Å². The minimum Gasteiger partial charge on any atom is -0.393 e. The van der Waals surface area contributed by atoms with E-state index in [2.05, 4.69) is 9.82 Å². The summed E-state index contributed by atoms with van der Waals surface area (Å²) in [5, 5.41) is 13.7. The molecule has 2 N–H and O–H groups in total. The summed E-state index contributed by atoms with van der Waals surface area (Å²) >= 11 is 5.92. The summed E-state index contributed by atoms with van der Waals surface area (Å²) in [6.07, 6.45) is -0.179. The van der Waals surface area contributed by atoms with Gasteiger partial charge in [-0.1, -0.05) is 25.4 Å². The van der Waals surface area contributed by atoms with Crippen molar-refractivity contribution in [3.8, 4) is 0 Å². The summed E-state index contributed by atoms with van der Waals surface area (Å²) in [4.78, 5) is -0.00398. The standard InChI is InChI=1S/C11H20ClN3O3S/c1-7(2)9(16)5-6-13-19(17,18)10-8(3)14-15(4)11(10)12/h7,9,13,16H,5-6H2,1-4H3. The molecule has 0 bridgehead atoms. The number of sulfonamides is 1. The van der Waals surface area contributed by atoms with Crippen LogP contribution < -0.4 is 4.72 Å². The van der Waals surface area contributed by atoms with Crippen molar-refractivity contribution in [3.05, 3.63) is 10.8 Å². The zero-order valence-corrected chi connectivity index (χ0v) is 13.1. The van der Waals surface area contributed by atoms with Crippen molar-refractivity contribution in [3.63, 3.8) is 0 Å². The van der Waals surface area contributed by atoms with Crippen molar-refractivity contribution in [2.75, 3.05) is 6.54 Å². The molecule has 0 fully saturated rings. The van der Waals surface area contributed by atoms with Crippen molar-refractivity contribution in [1.29, 1.82) is 0 Å². The molecular weight excluding hydrogens is 290 g/mol. The first-order chi connectivity index (χ1) is 8.66. The topological polar surface area (TPSA) is 84.2 Å². The molecule has 8 heteroatoms. The van der Waals surface area contributed by atoms with E-state index in [1.165, 1.54) is 4.68 Å². The summed E-state index contributed by atoms with van der Waals surface area (Å²) in [7, 11) is -2.12. The second kappa shape index (κ2) is 6.21. The van der Waals surface area contributed by atoms with Gasteiger partial charge in [0.1, 0.15) is 10.0 Å². The Balaban J connectivity index is 2.77. The maximum atomic E-state index is 12.1. The zero-order chi connectivity index (χ0) is 14.8. The number of hydrogen-bond acceptors (Lipinski definition) is 4. The number of halogens is 1. The average molecular weight is 310 g/mol. The second-order valence-electron chi connectivity index (χ2n) is 4.83. The van der Waals surface area contributed by atoms with E-state index < -0.39 is 16.1 Å². The Labute approximate surface area is 118 Å². The van der Waals surface area contributed by atoms with Gasteiger partial charge >= 0.3 is 0 Å². The zero-order valence-electron chi connectivity index (χ0n) is 11.5. The van der Waals surface area contributed by atoms with E-state index in [4.69, 9.17) is 11.6 Å². The number of hydrogen-bond donors (Lipinski definition) is 2. The molecule has 0 aromatic carbocycles. The lowest BCUT2D eigenvalue weighted by atomic mass is 10.1. The van der Waals surface area contributed by atoms with Crippen LogP contribution in [0.3, 0.4) is 0 Å². The Kier molecular flexibility index (Phi) is 5.37. The monoisotopic (exact) mass is 309 g/mol. The largest absolute Gasteiger partial charge is 0.393 e. The SMILES string of the molecule is Cc1nn(C)c(Cl)c1S(=O)(=O)NCCC(O)C(C)C. The van der Waals surface area contributed by atoms with Crippen LogP contribution in [0.25, 0.3) is 0 Å². The molecule has 110 valence electrons. The van der Waals surface area contributed by atoms with Crippen molar-refractivity contribution in [2.45, 2.75) is 38.2 Å². The van der Waals surface area contributed by atoms with E-state index in [9.17, 15) is 13.5 Å². The van der Waals surface area contributed by atoms with Crippen LogP contribution in [0.2, 0.25) is 5.15 Å². The number of rotatable bonds is 6. The molecular formula is C11H20ClN3O3S. The molecule has 1 heterocycles. The van der Waals surface area contributed by atoms with Gasteiger partial charge in [-0.2, -0.15) is 5.10 Å². The number of nitrogens with one attached hydrogen (secondary N) is 1. The number of aliphatic hydroxyl groups is 1. The summed E-state index contributed by atoms with van der Waals surface area (Å²) in [6, 6.07) is 0. The minimum atomic E-state index is -3.70. The number of aromatic nitrogens is 2. The van der Waals surface area contributed by atoms with Crippen LogP contribution in [0.4, 0.5) is 0 Å². The molecule has 0 aliphatic rings. The Morgan fingerprint density at radius 1 is 1.47 bits per heavy atom. The molecule has 0 spiro atoms. The molecule has 1 rings (SSSR count). The molecule has 1 aromatic rings. The third-order valence-corrected chi connectivity index (χ3v) is 5.03. The van der Waals surface area contributed by atoms with Gasteiger partial charge in [-0.15, -0.1) is 0 Å². The van der Waals surface area contributed by atoms with Gasteiger partial charge in [0, 0.05) is 13.6 Å². The lowest BCUT2D eigenvalue weighted by Crippen LogP contribution is -2.29. The number of aliphatic hydroxyl groups excluding tert-OH is 1. The quantitative estimate of drug-likeness (QED) is 0.823. The van der Waals surface area contributed by atoms with Crippen molar-refractivity contribution >= 4 is 21.6 Å². The van der Waals surface area contributed by atoms with Gasteiger partial charge in [0.15, 0.2) is 0 Å². The first-order valence-electron chi connectivity index (χ1n) is 6.03. The van der Waals surface area contributed by atoms with Crippen LogP contribution in [0.15, 0.2) is 4.90 Å². The van der Waals surface area contributed by atoms with Crippen molar-refractivity contribution < 1.29 is 13.5 Å². The van der Waals surface area contributed by atoms with Crippen molar-refractivity contribution in [2.24, 2.45) is 13.0 Å². The second-order valence-corrected chi connectivity index (χ2v) is 6.89. The minimum absolute atomic E-state index is 0.00398. The maximum Gasteiger partial charge on any atom is 0.245 e. The Morgan fingerprint density at radius 2 is 2.05 bits per heavy atom. The lowest BCUT2D eigenvalue weighted by Gasteiger charge is -2.14. The first kappa shape index (κ1) is 16.4. The van der Waals surface area contributed by atoms with Crippen LogP contribution in [0, 0.1) is 12.8 Å². The fourth-order valence-electron chi connectivity index (χ4n) is 1.66. The van der Waals surface area contributed by atoms with Gasteiger partial charge in [0.25, 0.3) is 0 Å². The van der Waals surface area contributed by atoms with Gasteiger partial charge in [-0.3, -0.25) is 4.68 Å². The third-order valence-electron chi connectivity index (χ3n) is 2.87. The van der Waals surface area contributed by atoms with E-state index in [0.29, 0.717) is 12.1 Å². The summed E-state index contributed by atoms with van der Waals surface area (Å²) in [5.41, 5.74) is 0.351. The lowest BCUT2D eigenvalue weighted by molar-refractivity contribution is 0.118. The highest BCUT2D eigenvalue weighted by molar-refractivity contribution is 7.89. The van der Waals surface area contributed by atoms with E-state index in [1.54, 1.807) is 14.0 Å². The Bertz CT molecular complexity index is 540. The highest BCUT2D eigenvalue weighted by Gasteiger charge is 2.25. The van der Waals surface area contributed by atoms with Crippen LogP contribution in [-0.4, -0.2) is 36.0 Å². The molecule has 0 aliphatic heterocycles. The molecule has 1 aromatic heterocycles. The van der Waals surface area contributed by atoms with E-state index >= 15 is 0 Å². The molecule has 1 atom stereocenters. The summed E-state index contributed by atoms with van der Waals surface area (Å²) in [5.74, 6) is 0.0909. The molecule has 0 radical (unpaired) electrons. The van der Waals surface area contributed by atoms with Gasteiger partial charge < -0.3 is 5.11 Å². The average Bonchev–Trinajstić information content (AvgIpc) is 2.52. The molecule has 0 amide bonds. The van der Waals surface area contributed by atoms with E-state index in [0.717, 1.165) is 0 Å². The van der Waals surface area contributed by atoms with Gasteiger partial charge in [0.05, 0.1) is 11.8 Å². The first-order valence-corrected chi connectivity index (χ1v) is 7.89. The molecule has 0 aliphatic carbocycles. The molecule has 6 nitrogen and oxygen atoms in total. The molecule has 19 heavy (non-hydrogen) atoms. The Hall–Kier alpha value is -0.630. The smallest absolute Gasteiger partial charge is 0.245 e. The van der Waals surface area contributed by atoms with E-state index in [-0.39, 0.29) is 22.5 Å². The molecule has 0 saturated heterocycles. The van der Waals surface area contributed by atoms with Gasteiger partial charge in [-0.25, -0.2) is 13.1 Å². The third kappa shape index (κ3) is 3.92. The van der Waals surface area contributed by atoms with Gasteiger partial charge in [-0.05, 0) is 19.3 Å². The summed E-state index contributed by atoms with van der Waals surface area (Å²) < 4.78 is 28.0. The normalized spacial score (nSPS) is 14.1. The van der Waals surface area contributed by atoms with Crippen LogP contribution in [-0.2, 0) is 17.1 Å². The van der Waals surface area contributed by atoms with Crippen LogP contribution in [0.1, 0.15) is 26.0 Å². The molecule has 1 unspecified atom stereocenters. The number of aryl methyl sites for hydroxylation is 2. The maximum absolute atomic E-state index is 12.1. The van der Waals surface area contributed by atoms with Gasteiger partial charge in [0.2, 0.25) is 10.0 Å². The predicted octanol–water partition coefficient (Wildman–Crippen LogP) is 1.07. The van der Waals surface area contributed by atoms with Crippen molar-refractivity contribution in [1.82, 2.24) is 14.5 Å². The molecule has 0 saturated carbocycles. The summed E-state index contributed by atoms with van der Waals surface area (Å²) in [6.45, 7) is 5.50. The predicted molar refractivity (Wildman–Crippen MR) is 73.6 cm³/mol. The Morgan fingerprint density at radius 3 is 2.47 bits per heavy atom. The highest BCUT2D eigenvalue weighted by Crippen LogP contribution is 2.23. The number of nitrogens with zero attached hydrogens (tertiary/aromatic N) is 2. The van der Waals surface area contributed by atoms with E-state index in [1.807, 2.05) is 13.8 Å². The fraction of sp³-hybridized carbons (Fsp3) is 0.727. The highest BCUT2D eigenvalue weighted by atomic mass is 35.5.